The van der Waals surface area contributed by atoms with Crippen molar-refractivity contribution in [3.05, 3.63) is 29.5 Å². The molecule has 0 amide bonds. The lowest BCUT2D eigenvalue weighted by molar-refractivity contribution is -0.991. The highest BCUT2D eigenvalue weighted by atomic mass is 32.2. The van der Waals surface area contributed by atoms with Crippen LogP contribution < -0.4 is 5.23 Å². The molecule has 0 radical (unpaired) electrons. The normalized spacial score (nSPS) is 17.0. The molecule has 1 aliphatic rings. The van der Waals surface area contributed by atoms with Crippen molar-refractivity contribution in [3.8, 4) is 11.4 Å². The highest BCUT2D eigenvalue weighted by Crippen LogP contribution is 2.30. The molecule has 0 spiro atoms. The molecule has 112 valence electrons. The van der Waals surface area contributed by atoms with E-state index in [-0.39, 0.29) is 5.69 Å². The van der Waals surface area contributed by atoms with Crippen molar-refractivity contribution in [1.82, 2.24) is 19.7 Å². The molecule has 7 nitrogen and oxygen atoms in total. The zero-order valence-electron chi connectivity index (χ0n) is 11.9. The van der Waals surface area contributed by atoms with Crippen LogP contribution in [-0.4, -0.2) is 36.8 Å². The molecule has 2 heterocycles. The molecule has 1 aromatic heterocycles. The summed E-state index contributed by atoms with van der Waals surface area (Å²) in [6.07, 6.45) is 0. The molecule has 21 heavy (non-hydrogen) atoms. The van der Waals surface area contributed by atoms with E-state index in [9.17, 15) is 5.21 Å². The lowest BCUT2D eigenvalue weighted by Gasteiger charge is -2.30. The minimum absolute atomic E-state index is 0.258. The number of benzene rings is 1. The van der Waals surface area contributed by atoms with Gasteiger partial charge in [-0.3, -0.25) is 9.47 Å². The fourth-order valence-corrected chi connectivity index (χ4v) is 3.26. The second-order valence-corrected chi connectivity index (χ2v) is 6.13. The summed E-state index contributed by atoms with van der Waals surface area (Å²) in [5.41, 5.74) is 1.04. The molecule has 1 unspecified atom stereocenters. The number of fused-ring (bicyclic) bond motifs is 1. The number of nitrogens with zero attached hydrogens (tertiary/aromatic N) is 4. The monoisotopic (exact) mass is 307 g/mol. The maximum atomic E-state index is 11.1. The third-order valence-electron chi connectivity index (χ3n) is 3.50. The van der Waals surface area contributed by atoms with Crippen LogP contribution in [0.15, 0.2) is 29.4 Å². The average Bonchev–Trinajstić information content (AvgIpc) is 2.90. The van der Waals surface area contributed by atoms with Gasteiger partial charge in [-0.2, -0.15) is 5.23 Å². The van der Waals surface area contributed by atoms with Crippen molar-refractivity contribution in [2.45, 2.75) is 31.7 Å². The Hall–Kier alpha value is -1.45. The molecule has 1 atom stereocenters. The number of thioether (sulfide) groups is 1. The predicted molar refractivity (Wildman–Crippen MR) is 78.9 cm³/mol. The van der Waals surface area contributed by atoms with Crippen LogP contribution in [0.25, 0.3) is 11.4 Å². The van der Waals surface area contributed by atoms with Gasteiger partial charge in [0.25, 0.3) is 0 Å². The van der Waals surface area contributed by atoms with Gasteiger partial charge in [-0.1, -0.05) is 23.9 Å². The zero-order valence-corrected chi connectivity index (χ0v) is 12.7. The quantitative estimate of drug-likeness (QED) is 0.826. The minimum atomic E-state index is -0.937. The second kappa shape index (κ2) is 5.74. The Kier molecular flexibility index (Phi) is 3.96. The summed E-state index contributed by atoms with van der Waals surface area (Å²) in [4.78, 5) is 2.31. The van der Waals surface area contributed by atoms with Crippen molar-refractivity contribution in [2.24, 2.45) is 0 Å². The Morgan fingerprint density at radius 1 is 1.38 bits per heavy atom. The van der Waals surface area contributed by atoms with Crippen molar-refractivity contribution in [2.75, 3.05) is 5.88 Å². The first-order valence-corrected chi connectivity index (χ1v) is 7.68. The van der Waals surface area contributed by atoms with E-state index in [0.717, 1.165) is 23.3 Å². The van der Waals surface area contributed by atoms with Gasteiger partial charge in [0.05, 0.1) is 12.5 Å². The molecular weight excluding hydrogens is 290 g/mol. The Morgan fingerprint density at radius 3 is 2.90 bits per heavy atom. The minimum Gasteiger partial charge on any atom is -0.595 e. The number of rotatable bonds is 3. The summed E-state index contributed by atoms with van der Waals surface area (Å²) >= 11 is 1.65. The maximum absolute atomic E-state index is 11.1. The van der Waals surface area contributed by atoms with Crippen molar-refractivity contribution >= 4 is 17.4 Å². The van der Waals surface area contributed by atoms with E-state index in [1.165, 1.54) is 0 Å². The largest absolute Gasteiger partial charge is 0.595 e. The van der Waals surface area contributed by atoms with Gasteiger partial charge in [-0.15, -0.1) is 10.2 Å². The third-order valence-corrected chi connectivity index (χ3v) is 4.52. The van der Waals surface area contributed by atoms with E-state index >= 15 is 0 Å². The SMILES string of the molecule is CC(C)N1CSc2nnc(-c3cccc([NH+]([O-])O)c3)n2C1. The predicted octanol–water partition coefficient (Wildman–Crippen LogP) is 1.08. The van der Waals surface area contributed by atoms with E-state index in [2.05, 4.69) is 28.9 Å². The van der Waals surface area contributed by atoms with Crippen molar-refractivity contribution in [1.29, 1.82) is 0 Å². The Balaban J connectivity index is 1.98. The zero-order chi connectivity index (χ0) is 15.0. The molecule has 0 saturated heterocycles. The first-order chi connectivity index (χ1) is 10.1. The van der Waals surface area contributed by atoms with Crippen molar-refractivity contribution < 1.29 is 10.4 Å². The maximum Gasteiger partial charge on any atom is 0.193 e. The van der Waals surface area contributed by atoms with E-state index in [1.54, 1.807) is 30.0 Å². The molecule has 3 rings (SSSR count). The van der Waals surface area contributed by atoms with Crippen LogP contribution in [0.4, 0.5) is 5.69 Å². The second-order valence-electron chi connectivity index (χ2n) is 5.22. The van der Waals surface area contributed by atoms with Gasteiger partial charge in [0.2, 0.25) is 0 Å². The molecule has 2 aromatic rings. The lowest BCUT2D eigenvalue weighted by Crippen LogP contribution is -2.99. The molecule has 0 fully saturated rings. The molecule has 0 saturated carbocycles. The standard InChI is InChI=1S/C13H17N5O2S/c1-9(2)16-7-17-12(14-15-13(17)21-8-16)10-4-3-5-11(6-10)18(19)20/h3-6,9,18-19H,7-8H2,1-2H3. The van der Waals surface area contributed by atoms with Gasteiger partial charge >= 0.3 is 0 Å². The van der Waals surface area contributed by atoms with E-state index in [1.807, 2.05) is 10.6 Å². The van der Waals surface area contributed by atoms with Crippen LogP contribution >= 0.6 is 11.8 Å². The summed E-state index contributed by atoms with van der Waals surface area (Å²) in [7, 11) is 0. The van der Waals surface area contributed by atoms with Crippen LogP contribution in [0.2, 0.25) is 0 Å². The van der Waals surface area contributed by atoms with Crippen molar-refractivity contribution in [3.63, 3.8) is 0 Å². The molecule has 2 N–H and O–H groups in total. The molecule has 1 aromatic carbocycles. The van der Waals surface area contributed by atoms with E-state index in [0.29, 0.717) is 11.9 Å². The summed E-state index contributed by atoms with van der Waals surface area (Å²) in [5, 5.41) is 28.6. The van der Waals surface area contributed by atoms with Crippen LogP contribution in [0.1, 0.15) is 13.8 Å². The fraction of sp³-hybridized carbons (Fsp3) is 0.385. The van der Waals surface area contributed by atoms with Crippen LogP contribution in [0, 0.1) is 5.21 Å². The molecule has 0 aliphatic carbocycles. The van der Waals surface area contributed by atoms with Crippen LogP contribution in [0.5, 0.6) is 0 Å². The fourth-order valence-electron chi connectivity index (χ4n) is 2.20. The number of hydrogen-bond acceptors (Lipinski definition) is 6. The van der Waals surface area contributed by atoms with Gasteiger partial charge in [0.15, 0.2) is 16.7 Å². The number of hydrogen-bond donors (Lipinski definition) is 2. The van der Waals surface area contributed by atoms with E-state index < -0.39 is 5.23 Å². The van der Waals surface area contributed by atoms with Gasteiger partial charge in [0, 0.05) is 23.7 Å². The molecule has 8 heteroatoms. The topological polar surface area (TPSA) is 81.7 Å². The van der Waals surface area contributed by atoms with Crippen LogP contribution in [0.3, 0.4) is 0 Å². The van der Waals surface area contributed by atoms with Crippen LogP contribution in [-0.2, 0) is 6.67 Å². The molecule has 0 bridgehead atoms. The lowest BCUT2D eigenvalue weighted by atomic mass is 10.2. The van der Waals surface area contributed by atoms with Gasteiger partial charge in [-0.25, -0.2) is 5.21 Å². The van der Waals surface area contributed by atoms with Gasteiger partial charge in [0.1, 0.15) is 0 Å². The Bertz CT molecular complexity index is 643. The summed E-state index contributed by atoms with van der Waals surface area (Å²) in [5.74, 6) is 1.61. The Labute approximate surface area is 126 Å². The summed E-state index contributed by atoms with van der Waals surface area (Å²) < 4.78 is 2.04. The molecular formula is C13H17N5O2S. The summed E-state index contributed by atoms with van der Waals surface area (Å²) in [6.45, 7) is 5.03. The molecule has 1 aliphatic heterocycles. The highest BCUT2D eigenvalue weighted by Gasteiger charge is 2.24. The van der Waals surface area contributed by atoms with Gasteiger partial charge in [-0.05, 0) is 13.8 Å². The Morgan fingerprint density at radius 2 is 2.19 bits per heavy atom. The average molecular weight is 307 g/mol. The first-order valence-electron chi connectivity index (χ1n) is 6.70. The van der Waals surface area contributed by atoms with E-state index in [4.69, 9.17) is 5.21 Å². The smallest absolute Gasteiger partial charge is 0.193 e. The number of aromatic nitrogens is 3. The third kappa shape index (κ3) is 2.81. The number of quaternary nitrogens is 1. The number of nitrogens with one attached hydrogen (secondary N) is 1. The van der Waals surface area contributed by atoms with Gasteiger partial charge < -0.3 is 5.21 Å². The first kappa shape index (κ1) is 14.5. The summed E-state index contributed by atoms with van der Waals surface area (Å²) in [6, 6.07) is 7.25. The highest BCUT2D eigenvalue weighted by molar-refractivity contribution is 7.99.